The lowest BCUT2D eigenvalue weighted by atomic mass is 10.2. The molecule has 1 aromatic heterocycles. The van der Waals surface area contributed by atoms with Crippen molar-refractivity contribution in [3.8, 4) is 0 Å². The van der Waals surface area contributed by atoms with Crippen LogP contribution < -0.4 is 0 Å². The minimum absolute atomic E-state index is 0.0248. The van der Waals surface area contributed by atoms with E-state index in [4.69, 9.17) is 0 Å². The topological polar surface area (TPSA) is 85.2 Å². The van der Waals surface area contributed by atoms with E-state index in [0.29, 0.717) is 18.9 Å². The van der Waals surface area contributed by atoms with Gasteiger partial charge in [0.25, 0.3) is 0 Å². The molecule has 0 bridgehead atoms. The highest BCUT2D eigenvalue weighted by molar-refractivity contribution is 7.99. The number of thioether (sulfide) groups is 1. The number of amides is 1. The Kier molecular flexibility index (Phi) is 5.19. The van der Waals surface area contributed by atoms with Crippen LogP contribution in [0.5, 0.6) is 0 Å². The fourth-order valence-corrected chi connectivity index (χ4v) is 5.84. The van der Waals surface area contributed by atoms with Gasteiger partial charge in [0.15, 0.2) is 15.0 Å². The Morgan fingerprint density at radius 2 is 2.04 bits per heavy atom. The van der Waals surface area contributed by atoms with E-state index in [2.05, 4.69) is 21.7 Å². The first-order valence-electron chi connectivity index (χ1n) is 8.51. The molecule has 1 aliphatic carbocycles. The third-order valence-electron chi connectivity index (χ3n) is 4.64. The van der Waals surface area contributed by atoms with Crippen LogP contribution in [0.2, 0.25) is 0 Å². The van der Waals surface area contributed by atoms with Crippen LogP contribution in [0.4, 0.5) is 0 Å². The van der Waals surface area contributed by atoms with Crippen molar-refractivity contribution >= 4 is 27.5 Å². The smallest absolute Gasteiger partial charge is 0.233 e. The number of aromatic nitrogens is 3. The summed E-state index contributed by atoms with van der Waals surface area (Å²) in [6, 6.07) is -0.181. The Labute approximate surface area is 147 Å². The van der Waals surface area contributed by atoms with E-state index in [1.807, 2.05) is 6.92 Å². The fourth-order valence-electron chi connectivity index (χ4n) is 3.22. The van der Waals surface area contributed by atoms with E-state index in [1.165, 1.54) is 24.6 Å². The van der Waals surface area contributed by atoms with Gasteiger partial charge in [0, 0.05) is 25.0 Å². The summed E-state index contributed by atoms with van der Waals surface area (Å²) >= 11 is 1.40. The number of hydrogen-bond donors (Lipinski definition) is 0. The van der Waals surface area contributed by atoms with E-state index < -0.39 is 9.84 Å². The van der Waals surface area contributed by atoms with E-state index in [1.54, 1.807) is 4.90 Å². The average Bonchev–Trinajstić information content (AvgIpc) is 3.21. The van der Waals surface area contributed by atoms with E-state index in [9.17, 15) is 13.2 Å². The molecule has 9 heteroatoms. The molecule has 0 N–H and O–H groups in total. The number of rotatable bonds is 7. The molecule has 1 amide bonds. The summed E-state index contributed by atoms with van der Waals surface area (Å²) in [6.07, 6.45) is 2.88. The average molecular weight is 373 g/mol. The SMILES string of the molecule is CCN(C(=O)CSc1nnc(C2CC2)n1CC)[C@@H]1CCS(=O)(=O)C1. The Hall–Kier alpha value is -1.09. The third kappa shape index (κ3) is 3.77. The van der Waals surface area contributed by atoms with Gasteiger partial charge in [-0.05, 0) is 33.1 Å². The van der Waals surface area contributed by atoms with Crippen molar-refractivity contribution in [2.45, 2.75) is 56.8 Å². The van der Waals surface area contributed by atoms with Crippen molar-refractivity contribution in [3.05, 3.63) is 5.82 Å². The molecule has 2 heterocycles. The maximum atomic E-state index is 12.6. The van der Waals surface area contributed by atoms with Crippen LogP contribution in [0.1, 0.15) is 44.9 Å². The van der Waals surface area contributed by atoms with Crippen LogP contribution in [0, 0.1) is 0 Å². The standard InChI is InChI=1S/C15H24N4O3S2/c1-3-18(12-7-8-24(21,22)10-12)13(20)9-23-15-17-16-14(11-5-6-11)19(15)4-2/h11-12H,3-10H2,1-2H3/t12-/m1/s1. The zero-order valence-corrected chi connectivity index (χ0v) is 15.8. The Balaban J connectivity index is 1.62. The van der Waals surface area contributed by atoms with Gasteiger partial charge in [-0.2, -0.15) is 0 Å². The van der Waals surface area contributed by atoms with Gasteiger partial charge in [0.1, 0.15) is 5.82 Å². The van der Waals surface area contributed by atoms with Crippen LogP contribution >= 0.6 is 11.8 Å². The molecule has 0 aromatic carbocycles. The van der Waals surface area contributed by atoms with E-state index >= 15 is 0 Å². The van der Waals surface area contributed by atoms with Crippen molar-refractivity contribution in [2.75, 3.05) is 23.8 Å². The first-order valence-corrected chi connectivity index (χ1v) is 11.3. The zero-order valence-electron chi connectivity index (χ0n) is 14.1. The number of carbonyl (C=O) groups excluding carboxylic acids is 1. The molecule has 1 aliphatic heterocycles. The second-order valence-corrected chi connectivity index (χ2v) is 9.56. The van der Waals surface area contributed by atoms with Gasteiger partial charge >= 0.3 is 0 Å². The van der Waals surface area contributed by atoms with Gasteiger partial charge in [-0.25, -0.2) is 8.42 Å². The van der Waals surface area contributed by atoms with Crippen molar-refractivity contribution in [3.63, 3.8) is 0 Å². The maximum absolute atomic E-state index is 12.6. The van der Waals surface area contributed by atoms with Gasteiger partial charge in [-0.1, -0.05) is 11.8 Å². The maximum Gasteiger partial charge on any atom is 0.233 e. The largest absolute Gasteiger partial charge is 0.338 e. The van der Waals surface area contributed by atoms with Crippen LogP contribution in [-0.2, 0) is 21.2 Å². The fraction of sp³-hybridized carbons (Fsp3) is 0.800. The van der Waals surface area contributed by atoms with Crippen LogP contribution in [-0.4, -0.2) is 63.8 Å². The molecule has 0 unspecified atom stereocenters. The van der Waals surface area contributed by atoms with Crippen LogP contribution in [0.15, 0.2) is 5.16 Å². The van der Waals surface area contributed by atoms with Crippen molar-refractivity contribution in [1.29, 1.82) is 0 Å². The number of carbonyl (C=O) groups is 1. The summed E-state index contributed by atoms with van der Waals surface area (Å²) < 4.78 is 25.4. The predicted molar refractivity (Wildman–Crippen MR) is 92.8 cm³/mol. The quantitative estimate of drug-likeness (QED) is 0.671. The Morgan fingerprint density at radius 1 is 1.29 bits per heavy atom. The summed E-state index contributed by atoms with van der Waals surface area (Å²) in [5, 5.41) is 9.29. The summed E-state index contributed by atoms with van der Waals surface area (Å²) in [7, 11) is -2.99. The molecule has 1 saturated carbocycles. The molecule has 134 valence electrons. The molecule has 1 atom stereocenters. The van der Waals surface area contributed by atoms with Crippen molar-refractivity contribution in [1.82, 2.24) is 19.7 Å². The van der Waals surface area contributed by atoms with Gasteiger partial charge in [-0.3, -0.25) is 4.79 Å². The molecule has 2 aliphatic rings. The third-order valence-corrected chi connectivity index (χ3v) is 7.34. The highest BCUT2D eigenvalue weighted by atomic mass is 32.2. The highest BCUT2D eigenvalue weighted by Gasteiger charge is 2.34. The molecular weight excluding hydrogens is 348 g/mol. The molecule has 0 radical (unpaired) electrons. The lowest BCUT2D eigenvalue weighted by Crippen LogP contribution is -2.42. The van der Waals surface area contributed by atoms with Gasteiger partial charge in [0.05, 0.1) is 17.3 Å². The lowest BCUT2D eigenvalue weighted by Gasteiger charge is -2.26. The second-order valence-electron chi connectivity index (χ2n) is 6.38. The molecular formula is C15H24N4O3S2. The Morgan fingerprint density at radius 3 is 2.58 bits per heavy atom. The lowest BCUT2D eigenvalue weighted by molar-refractivity contribution is -0.129. The predicted octanol–water partition coefficient (Wildman–Crippen LogP) is 1.30. The van der Waals surface area contributed by atoms with Crippen molar-refractivity contribution in [2.24, 2.45) is 0 Å². The van der Waals surface area contributed by atoms with Crippen LogP contribution in [0.3, 0.4) is 0 Å². The molecule has 0 spiro atoms. The normalized spacial score (nSPS) is 22.7. The van der Waals surface area contributed by atoms with Gasteiger partial charge in [-0.15, -0.1) is 10.2 Å². The summed E-state index contributed by atoms with van der Waals surface area (Å²) in [6.45, 7) is 5.29. The summed E-state index contributed by atoms with van der Waals surface area (Å²) in [5.74, 6) is 2.08. The van der Waals surface area contributed by atoms with E-state index in [0.717, 1.165) is 17.5 Å². The molecule has 2 fully saturated rings. The number of hydrogen-bond acceptors (Lipinski definition) is 6. The minimum atomic E-state index is -2.99. The molecule has 1 aromatic rings. The van der Waals surface area contributed by atoms with Gasteiger partial charge in [0.2, 0.25) is 5.91 Å². The first-order chi connectivity index (χ1) is 11.4. The Bertz CT molecular complexity index is 712. The number of sulfone groups is 1. The second kappa shape index (κ2) is 7.03. The molecule has 7 nitrogen and oxygen atoms in total. The molecule has 3 rings (SSSR count). The summed E-state index contributed by atoms with van der Waals surface area (Å²) in [5.41, 5.74) is 0. The van der Waals surface area contributed by atoms with Crippen molar-refractivity contribution < 1.29 is 13.2 Å². The molecule has 24 heavy (non-hydrogen) atoms. The molecule has 1 saturated heterocycles. The minimum Gasteiger partial charge on any atom is -0.338 e. The highest BCUT2D eigenvalue weighted by Crippen LogP contribution is 2.40. The monoisotopic (exact) mass is 372 g/mol. The van der Waals surface area contributed by atoms with Crippen LogP contribution in [0.25, 0.3) is 0 Å². The van der Waals surface area contributed by atoms with Gasteiger partial charge < -0.3 is 9.47 Å². The number of nitrogens with zero attached hydrogens (tertiary/aromatic N) is 4. The first kappa shape index (κ1) is 17.7. The zero-order chi connectivity index (χ0) is 17.3. The van der Waals surface area contributed by atoms with E-state index in [-0.39, 0.29) is 29.2 Å². The summed E-state index contributed by atoms with van der Waals surface area (Å²) in [4.78, 5) is 14.3.